The summed E-state index contributed by atoms with van der Waals surface area (Å²) in [4.78, 5) is 0. The van der Waals surface area contributed by atoms with E-state index >= 15 is 0 Å². The number of phenols is 1. The molecule has 0 aliphatic heterocycles. The second-order valence-corrected chi connectivity index (χ2v) is 3.48. The lowest BCUT2D eigenvalue weighted by molar-refractivity contribution is 0.403. The van der Waals surface area contributed by atoms with Crippen LogP contribution in [-0.2, 0) is 5.54 Å². The molecular weight excluding hydrogens is 176 g/mol. The van der Waals surface area contributed by atoms with Crippen molar-refractivity contribution in [1.82, 2.24) is 0 Å². The molecule has 1 aromatic carbocycles. The van der Waals surface area contributed by atoms with E-state index in [9.17, 15) is 13.9 Å². The quantitative estimate of drug-likeness (QED) is 0.704. The molecule has 0 heterocycles. The van der Waals surface area contributed by atoms with Crippen molar-refractivity contribution in [3.63, 3.8) is 0 Å². The topological polar surface area (TPSA) is 46.2 Å². The van der Waals surface area contributed by atoms with Crippen molar-refractivity contribution in [2.24, 2.45) is 5.73 Å². The van der Waals surface area contributed by atoms with E-state index in [0.29, 0.717) is 0 Å². The Balaban J connectivity index is 3.43. The number of rotatable bonds is 1. The van der Waals surface area contributed by atoms with Crippen molar-refractivity contribution in [1.29, 1.82) is 0 Å². The standard InChI is InChI=1S/C9H11F2NO/c1-9(2,12)7-6(13)4-3-5(10)8(7)11/h3-4,13H,12H2,1-2H3. The first-order valence-electron chi connectivity index (χ1n) is 3.80. The van der Waals surface area contributed by atoms with E-state index in [1.54, 1.807) is 0 Å². The van der Waals surface area contributed by atoms with Crippen LogP contribution in [0.1, 0.15) is 19.4 Å². The van der Waals surface area contributed by atoms with Gasteiger partial charge in [0.2, 0.25) is 0 Å². The predicted octanol–water partition coefficient (Wildman–Crippen LogP) is 1.86. The zero-order valence-electron chi connectivity index (χ0n) is 7.44. The van der Waals surface area contributed by atoms with E-state index in [-0.39, 0.29) is 11.3 Å². The molecule has 0 amide bonds. The molecule has 2 nitrogen and oxygen atoms in total. The van der Waals surface area contributed by atoms with Gasteiger partial charge < -0.3 is 10.8 Å². The highest BCUT2D eigenvalue weighted by Gasteiger charge is 2.25. The zero-order valence-corrected chi connectivity index (χ0v) is 7.44. The van der Waals surface area contributed by atoms with Crippen LogP contribution in [0.5, 0.6) is 5.75 Å². The van der Waals surface area contributed by atoms with Gasteiger partial charge in [-0.15, -0.1) is 0 Å². The summed E-state index contributed by atoms with van der Waals surface area (Å²) < 4.78 is 25.9. The van der Waals surface area contributed by atoms with Gasteiger partial charge in [-0.3, -0.25) is 0 Å². The Morgan fingerprint density at radius 1 is 1.31 bits per heavy atom. The maximum absolute atomic E-state index is 13.1. The Labute approximate surface area is 75.0 Å². The first kappa shape index (κ1) is 9.92. The maximum atomic E-state index is 13.1. The highest BCUT2D eigenvalue weighted by Crippen LogP contribution is 2.30. The van der Waals surface area contributed by atoms with Crippen molar-refractivity contribution in [2.45, 2.75) is 19.4 Å². The molecule has 1 rings (SSSR count). The third-order valence-corrected chi connectivity index (χ3v) is 1.72. The zero-order chi connectivity index (χ0) is 10.2. The van der Waals surface area contributed by atoms with Crippen LogP contribution in [0.25, 0.3) is 0 Å². The van der Waals surface area contributed by atoms with Gasteiger partial charge in [-0.05, 0) is 26.0 Å². The first-order chi connectivity index (χ1) is 5.84. The summed E-state index contributed by atoms with van der Waals surface area (Å²) in [5.74, 6) is -2.43. The number of phenolic OH excluding ortho intramolecular Hbond substituents is 1. The van der Waals surface area contributed by atoms with E-state index in [2.05, 4.69) is 0 Å². The Bertz CT molecular complexity index is 331. The largest absolute Gasteiger partial charge is 0.507 e. The molecule has 72 valence electrons. The van der Waals surface area contributed by atoms with Crippen molar-refractivity contribution in [3.05, 3.63) is 29.3 Å². The molecule has 0 aromatic heterocycles. The second kappa shape index (κ2) is 2.96. The maximum Gasteiger partial charge on any atom is 0.167 e. The van der Waals surface area contributed by atoms with Gasteiger partial charge in [0.05, 0.1) is 5.56 Å². The van der Waals surface area contributed by atoms with Crippen LogP contribution < -0.4 is 5.73 Å². The number of hydrogen-bond donors (Lipinski definition) is 2. The molecule has 0 fully saturated rings. The monoisotopic (exact) mass is 187 g/mol. The Morgan fingerprint density at radius 2 is 1.85 bits per heavy atom. The lowest BCUT2D eigenvalue weighted by atomic mass is 9.94. The molecule has 0 saturated carbocycles. The van der Waals surface area contributed by atoms with Crippen LogP contribution in [-0.4, -0.2) is 5.11 Å². The number of nitrogens with two attached hydrogens (primary N) is 1. The van der Waals surface area contributed by atoms with Crippen molar-refractivity contribution in [2.75, 3.05) is 0 Å². The molecular formula is C9H11F2NO. The number of halogens is 2. The molecule has 0 radical (unpaired) electrons. The van der Waals surface area contributed by atoms with E-state index in [0.717, 1.165) is 12.1 Å². The fourth-order valence-electron chi connectivity index (χ4n) is 1.15. The number of hydrogen-bond acceptors (Lipinski definition) is 2. The van der Waals surface area contributed by atoms with E-state index < -0.39 is 17.2 Å². The van der Waals surface area contributed by atoms with E-state index in [4.69, 9.17) is 5.73 Å². The average Bonchev–Trinajstić information content (AvgIpc) is 1.95. The van der Waals surface area contributed by atoms with Crippen LogP contribution in [0.2, 0.25) is 0 Å². The van der Waals surface area contributed by atoms with Gasteiger partial charge in [0.25, 0.3) is 0 Å². The Morgan fingerprint density at radius 3 is 2.23 bits per heavy atom. The van der Waals surface area contributed by atoms with Gasteiger partial charge in [-0.1, -0.05) is 0 Å². The predicted molar refractivity (Wildman–Crippen MR) is 45.2 cm³/mol. The van der Waals surface area contributed by atoms with Gasteiger partial charge in [-0.25, -0.2) is 8.78 Å². The number of aromatic hydroxyl groups is 1. The van der Waals surface area contributed by atoms with E-state index in [1.807, 2.05) is 0 Å². The lowest BCUT2D eigenvalue weighted by Gasteiger charge is -2.21. The molecule has 4 heteroatoms. The average molecular weight is 187 g/mol. The lowest BCUT2D eigenvalue weighted by Crippen LogP contribution is -2.30. The van der Waals surface area contributed by atoms with Gasteiger partial charge in [0.15, 0.2) is 11.6 Å². The van der Waals surface area contributed by atoms with Crippen molar-refractivity contribution in [3.8, 4) is 5.75 Å². The summed E-state index contributed by atoms with van der Waals surface area (Å²) in [7, 11) is 0. The summed E-state index contributed by atoms with van der Waals surface area (Å²) >= 11 is 0. The summed E-state index contributed by atoms with van der Waals surface area (Å²) in [5, 5.41) is 9.26. The van der Waals surface area contributed by atoms with Gasteiger partial charge in [0.1, 0.15) is 5.75 Å². The Kier molecular flexibility index (Phi) is 2.26. The fraction of sp³-hybridized carbons (Fsp3) is 0.333. The van der Waals surface area contributed by atoms with E-state index in [1.165, 1.54) is 13.8 Å². The van der Waals surface area contributed by atoms with Crippen LogP contribution in [0.3, 0.4) is 0 Å². The molecule has 13 heavy (non-hydrogen) atoms. The Hall–Kier alpha value is -1.16. The third kappa shape index (κ3) is 1.78. The number of benzene rings is 1. The van der Waals surface area contributed by atoms with Crippen LogP contribution >= 0.6 is 0 Å². The molecule has 3 N–H and O–H groups in total. The highest BCUT2D eigenvalue weighted by molar-refractivity contribution is 5.38. The molecule has 0 spiro atoms. The first-order valence-corrected chi connectivity index (χ1v) is 3.80. The minimum atomic E-state index is -1.10. The van der Waals surface area contributed by atoms with Gasteiger partial charge in [-0.2, -0.15) is 0 Å². The summed E-state index contributed by atoms with van der Waals surface area (Å²) in [6, 6.07) is 1.95. The molecule has 0 aliphatic rings. The molecule has 0 saturated heterocycles. The summed E-state index contributed by atoms with van der Waals surface area (Å²) in [6.07, 6.45) is 0. The highest BCUT2D eigenvalue weighted by atomic mass is 19.2. The van der Waals surface area contributed by atoms with Crippen molar-refractivity contribution < 1.29 is 13.9 Å². The fourth-order valence-corrected chi connectivity index (χ4v) is 1.15. The SMILES string of the molecule is CC(C)(N)c1c(O)ccc(F)c1F. The minimum absolute atomic E-state index is 0.201. The van der Waals surface area contributed by atoms with Crippen molar-refractivity contribution >= 4 is 0 Å². The van der Waals surface area contributed by atoms with Crippen LogP contribution in [0.15, 0.2) is 12.1 Å². The molecule has 0 unspecified atom stereocenters. The van der Waals surface area contributed by atoms with Crippen LogP contribution in [0, 0.1) is 11.6 Å². The molecule has 1 aromatic rings. The smallest absolute Gasteiger partial charge is 0.167 e. The normalized spacial score (nSPS) is 11.8. The van der Waals surface area contributed by atoms with Gasteiger partial charge in [0, 0.05) is 5.54 Å². The summed E-state index contributed by atoms with van der Waals surface area (Å²) in [6.45, 7) is 2.98. The van der Waals surface area contributed by atoms with Crippen LogP contribution in [0.4, 0.5) is 8.78 Å². The molecule has 0 bridgehead atoms. The van der Waals surface area contributed by atoms with Gasteiger partial charge >= 0.3 is 0 Å². The molecule has 0 atom stereocenters. The molecule has 0 aliphatic carbocycles. The second-order valence-electron chi connectivity index (χ2n) is 3.48. The summed E-state index contributed by atoms with van der Waals surface area (Å²) in [5.41, 5.74) is 4.26. The third-order valence-electron chi connectivity index (χ3n) is 1.72. The minimum Gasteiger partial charge on any atom is -0.507 e.